The molecule has 0 saturated heterocycles. The van der Waals surface area contributed by atoms with E-state index in [1.54, 1.807) is 6.07 Å². The van der Waals surface area contributed by atoms with Crippen molar-refractivity contribution >= 4 is 30.0 Å². The van der Waals surface area contributed by atoms with Crippen LogP contribution in [0.3, 0.4) is 0 Å². The summed E-state index contributed by atoms with van der Waals surface area (Å²) >= 11 is 0. The lowest BCUT2D eigenvalue weighted by Gasteiger charge is -2.30. The topological polar surface area (TPSA) is 72.9 Å². The zero-order valence-electron chi connectivity index (χ0n) is 14.3. The lowest BCUT2D eigenvalue weighted by Crippen LogP contribution is -2.47. The molecule has 1 aliphatic rings. The van der Waals surface area contributed by atoms with E-state index in [9.17, 15) is 13.2 Å². The number of anilines is 1. The van der Waals surface area contributed by atoms with E-state index in [0.717, 1.165) is 16.1 Å². The Balaban J connectivity index is 2.67. The zero-order chi connectivity index (χ0) is 17.6. The van der Waals surface area contributed by atoms with E-state index < -0.39 is 36.5 Å². The zero-order valence-corrected chi connectivity index (χ0v) is 16.1. The number of ether oxygens (including phenoxy) is 1. The Bertz CT molecular complexity index is 726. The lowest BCUT2D eigenvalue weighted by atomic mass is 10.1. The minimum absolute atomic E-state index is 0.492. The molecular formula is C15H23NO5SSi. The minimum atomic E-state index is -3.66. The number of methoxy groups -OCH3 is 1. The third-order valence-corrected chi connectivity index (χ3v) is 5.65. The number of carbonyl (C=O) groups excluding carboxylic acids is 1. The van der Waals surface area contributed by atoms with Gasteiger partial charge in [-0.2, -0.15) is 0 Å². The SMILES string of the molecule is COC(=O)C1C(O[Si](C)(C)C)c2ccc(C)cc2N1S(C)(=O)=O. The summed E-state index contributed by atoms with van der Waals surface area (Å²) in [6.07, 6.45) is 0.436. The van der Waals surface area contributed by atoms with E-state index in [0.29, 0.717) is 11.3 Å². The summed E-state index contributed by atoms with van der Waals surface area (Å²) in [6.45, 7) is 7.87. The molecule has 0 amide bonds. The Morgan fingerprint density at radius 2 is 1.87 bits per heavy atom. The molecule has 1 heterocycles. The number of fused-ring (bicyclic) bond motifs is 1. The van der Waals surface area contributed by atoms with E-state index >= 15 is 0 Å². The molecule has 8 heteroatoms. The molecule has 128 valence electrons. The fourth-order valence-corrected chi connectivity index (χ4v) is 4.90. The molecule has 23 heavy (non-hydrogen) atoms. The van der Waals surface area contributed by atoms with Crippen molar-refractivity contribution in [1.82, 2.24) is 0 Å². The quantitative estimate of drug-likeness (QED) is 0.610. The normalized spacial score (nSPS) is 21.2. The summed E-state index contributed by atoms with van der Waals surface area (Å²) in [6, 6.07) is 4.45. The molecule has 0 aromatic heterocycles. The molecule has 0 N–H and O–H groups in total. The second kappa shape index (κ2) is 5.92. The molecule has 0 saturated carbocycles. The van der Waals surface area contributed by atoms with Gasteiger partial charge >= 0.3 is 5.97 Å². The van der Waals surface area contributed by atoms with Gasteiger partial charge in [-0.1, -0.05) is 12.1 Å². The Kier molecular flexibility index (Phi) is 4.62. The van der Waals surface area contributed by atoms with Gasteiger partial charge < -0.3 is 9.16 Å². The molecule has 2 atom stereocenters. The minimum Gasteiger partial charge on any atom is -0.467 e. The van der Waals surface area contributed by atoms with Gasteiger partial charge in [0.25, 0.3) is 0 Å². The highest BCUT2D eigenvalue weighted by atomic mass is 32.2. The van der Waals surface area contributed by atoms with Crippen LogP contribution >= 0.6 is 0 Å². The summed E-state index contributed by atoms with van der Waals surface area (Å²) < 4.78 is 36.8. The lowest BCUT2D eigenvalue weighted by molar-refractivity contribution is -0.144. The maximum Gasteiger partial charge on any atom is 0.332 e. The van der Waals surface area contributed by atoms with Crippen LogP contribution in [-0.2, 0) is 24.0 Å². The molecule has 0 spiro atoms. The van der Waals surface area contributed by atoms with Crippen LogP contribution in [0.5, 0.6) is 0 Å². The highest BCUT2D eigenvalue weighted by molar-refractivity contribution is 7.92. The van der Waals surface area contributed by atoms with E-state index in [1.807, 2.05) is 38.7 Å². The predicted octanol–water partition coefficient (Wildman–Crippen LogP) is 2.21. The van der Waals surface area contributed by atoms with Crippen LogP contribution in [-0.4, -0.2) is 42.1 Å². The highest BCUT2D eigenvalue weighted by Gasteiger charge is 2.49. The standard InChI is InChI=1S/C15H23NO5SSi/c1-10-7-8-11-12(9-10)16(22(3,18)19)13(15(17)20-2)14(11)21-23(4,5)6/h7-9,13-14H,1-6H3. The van der Waals surface area contributed by atoms with Gasteiger partial charge in [0.1, 0.15) is 6.10 Å². The summed E-state index contributed by atoms with van der Waals surface area (Å²) in [5, 5.41) is 0. The van der Waals surface area contributed by atoms with Crippen LogP contribution in [0.2, 0.25) is 19.6 Å². The van der Waals surface area contributed by atoms with Gasteiger partial charge in [-0.15, -0.1) is 0 Å². The molecule has 0 radical (unpaired) electrons. The smallest absolute Gasteiger partial charge is 0.332 e. The molecule has 1 aromatic carbocycles. The van der Waals surface area contributed by atoms with Crippen LogP contribution in [0.1, 0.15) is 17.2 Å². The monoisotopic (exact) mass is 357 g/mol. The van der Waals surface area contributed by atoms with Gasteiger partial charge in [0.15, 0.2) is 14.4 Å². The first-order valence-electron chi connectivity index (χ1n) is 7.31. The van der Waals surface area contributed by atoms with Crippen LogP contribution < -0.4 is 4.31 Å². The molecule has 0 fully saturated rings. The highest BCUT2D eigenvalue weighted by Crippen LogP contribution is 2.45. The van der Waals surface area contributed by atoms with Crippen LogP contribution in [0.4, 0.5) is 5.69 Å². The Labute approximate surface area is 138 Å². The number of rotatable bonds is 4. The Morgan fingerprint density at radius 1 is 1.26 bits per heavy atom. The van der Waals surface area contributed by atoms with Gasteiger partial charge in [0.05, 0.1) is 19.1 Å². The first-order valence-corrected chi connectivity index (χ1v) is 12.6. The van der Waals surface area contributed by atoms with Crippen molar-refractivity contribution in [1.29, 1.82) is 0 Å². The van der Waals surface area contributed by atoms with Crippen molar-refractivity contribution in [3.05, 3.63) is 29.3 Å². The second-order valence-corrected chi connectivity index (χ2v) is 13.1. The van der Waals surface area contributed by atoms with Crippen molar-refractivity contribution in [2.45, 2.75) is 38.7 Å². The fourth-order valence-electron chi connectivity index (χ4n) is 2.76. The van der Waals surface area contributed by atoms with Crippen molar-refractivity contribution < 1.29 is 22.4 Å². The van der Waals surface area contributed by atoms with Crippen molar-refractivity contribution in [2.75, 3.05) is 17.7 Å². The van der Waals surface area contributed by atoms with Crippen molar-refractivity contribution in [3.63, 3.8) is 0 Å². The number of aryl methyl sites for hydroxylation is 1. The maximum absolute atomic E-state index is 12.3. The maximum atomic E-state index is 12.3. The summed E-state index contributed by atoms with van der Waals surface area (Å²) in [4.78, 5) is 12.3. The van der Waals surface area contributed by atoms with Gasteiger partial charge in [-0.3, -0.25) is 4.31 Å². The summed E-state index contributed by atoms with van der Waals surface area (Å²) in [7, 11) is -4.43. The average Bonchev–Trinajstić information content (AvgIpc) is 2.69. The number of carbonyl (C=O) groups is 1. The van der Waals surface area contributed by atoms with Gasteiger partial charge in [0, 0.05) is 5.56 Å². The van der Waals surface area contributed by atoms with Crippen LogP contribution in [0.15, 0.2) is 18.2 Å². The number of benzene rings is 1. The molecular weight excluding hydrogens is 334 g/mol. The number of sulfonamides is 1. The van der Waals surface area contributed by atoms with E-state index in [2.05, 4.69) is 0 Å². The van der Waals surface area contributed by atoms with Gasteiger partial charge in [-0.25, -0.2) is 13.2 Å². The Hall–Kier alpha value is -1.38. The number of esters is 1. The fraction of sp³-hybridized carbons (Fsp3) is 0.533. The molecule has 0 bridgehead atoms. The van der Waals surface area contributed by atoms with E-state index in [-0.39, 0.29) is 0 Å². The van der Waals surface area contributed by atoms with Gasteiger partial charge in [0.2, 0.25) is 10.0 Å². The molecule has 2 unspecified atom stereocenters. The molecule has 0 aliphatic carbocycles. The van der Waals surface area contributed by atoms with E-state index in [1.165, 1.54) is 7.11 Å². The number of nitrogens with zero attached hydrogens (tertiary/aromatic N) is 1. The molecule has 1 aliphatic heterocycles. The van der Waals surface area contributed by atoms with E-state index in [4.69, 9.17) is 9.16 Å². The predicted molar refractivity (Wildman–Crippen MR) is 91.5 cm³/mol. The molecule has 1 aromatic rings. The number of hydrogen-bond donors (Lipinski definition) is 0. The summed E-state index contributed by atoms with van der Waals surface area (Å²) in [5.41, 5.74) is 2.11. The second-order valence-electron chi connectivity index (χ2n) is 6.74. The third-order valence-electron chi connectivity index (χ3n) is 3.55. The van der Waals surface area contributed by atoms with Crippen molar-refractivity contribution in [3.8, 4) is 0 Å². The third kappa shape index (κ3) is 3.59. The van der Waals surface area contributed by atoms with Crippen molar-refractivity contribution in [2.24, 2.45) is 0 Å². The largest absolute Gasteiger partial charge is 0.467 e. The molecule has 2 rings (SSSR count). The first kappa shape index (κ1) is 18.0. The summed E-state index contributed by atoms with van der Waals surface area (Å²) in [5.74, 6) is -0.618. The average molecular weight is 358 g/mol. The Morgan fingerprint density at radius 3 is 2.35 bits per heavy atom. The van der Waals surface area contributed by atoms with Gasteiger partial charge in [-0.05, 0) is 38.2 Å². The first-order chi connectivity index (χ1) is 10.5. The van der Waals surface area contributed by atoms with Crippen LogP contribution in [0, 0.1) is 6.92 Å². The molecule has 6 nitrogen and oxygen atoms in total. The number of hydrogen-bond acceptors (Lipinski definition) is 5. The van der Waals surface area contributed by atoms with Crippen LogP contribution in [0.25, 0.3) is 0 Å².